The second-order valence-electron chi connectivity index (χ2n) is 5.13. The van der Waals surface area contributed by atoms with E-state index >= 15 is 0 Å². The van der Waals surface area contributed by atoms with Gasteiger partial charge in [-0.15, -0.1) is 0 Å². The topological polar surface area (TPSA) is 36.1 Å². The van der Waals surface area contributed by atoms with Crippen LogP contribution in [0.3, 0.4) is 0 Å². The number of nitrogens with one attached hydrogen (secondary N) is 1. The van der Waals surface area contributed by atoms with Crippen LogP contribution < -0.4 is 0 Å². The first-order chi connectivity index (χ1) is 8.18. The van der Waals surface area contributed by atoms with Crippen molar-refractivity contribution in [2.75, 3.05) is 0 Å². The van der Waals surface area contributed by atoms with Crippen molar-refractivity contribution in [1.82, 2.24) is 9.88 Å². The van der Waals surface area contributed by atoms with Gasteiger partial charge in [0, 0.05) is 30.4 Å². The molecule has 94 valence electrons. The minimum atomic E-state index is 0.305. The van der Waals surface area contributed by atoms with Crippen LogP contribution in [-0.2, 0) is 11.2 Å². The summed E-state index contributed by atoms with van der Waals surface area (Å²) in [4.78, 5) is 17.5. The van der Waals surface area contributed by atoms with Crippen LogP contribution in [0.4, 0.5) is 0 Å². The van der Waals surface area contributed by atoms with Gasteiger partial charge in [-0.2, -0.15) is 0 Å². The van der Waals surface area contributed by atoms with E-state index in [-0.39, 0.29) is 0 Å². The fraction of sp³-hybridized carbons (Fsp3) is 0.643. The fourth-order valence-corrected chi connectivity index (χ4v) is 2.81. The second kappa shape index (κ2) is 5.39. The van der Waals surface area contributed by atoms with Gasteiger partial charge >= 0.3 is 0 Å². The van der Waals surface area contributed by atoms with Crippen molar-refractivity contribution in [2.24, 2.45) is 0 Å². The molecule has 1 fully saturated rings. The Kier molecular flexibility index (Phi) is 3.87. The molecule has 1 aliphatic rings. The number of likely N-dealkylation sites (tertiary alicyclic amines) is 1. The minimum absolute atomic E-state index is 0.305. The van der Waals surface area contributed by atoms with Gasteiger partial charge in [0.05, 0.1) is 0 Å². The van der Waals surface area contributed by atoms with Gasteiger partial charge < -0.3 is 9.88 Å². The number of H-pyrrole nitrogens is 1. The van der Waals surface area contributed by atoms with Crippen molar-refractivity contribution in [3.8, 4) is 0 Å². The lowest BCUT2D eigenvalue weighted by atomic mass is 9.97. The SMILES string of the molecule is CC1CCCC(C)N1C(=O)CCc1ccc[nH]1. The van der Waals surface area contributed by atoms with Crippen molar-refractivity contribution in [3.63, 3.8) is 0 Å². The highest BCUT2D eigenvalue weighted by Gasteiger charge is 2.28. The summed E-state index contributed by atoms with van der Waals surface area (Å²) >= 11 is 0. The second-order valence-corrected chi connectivity index (χ2v) is 5.13. The molecule has 0 saturated carbocycles. The summed E-state index contributed by atoms with van der Waals surface area (Å²) in [6, 6.07) is 4.84. The lowest BCUT2D eigenvalue weighted by Crippen LogP contribution is -2.47. The first kappa shape index (κ1) is 12.2. The summed E-state index contributed by atoms with van der Waals surface area (Å²) < 4.78 is 0. The molecule has 3 heteroatoms. The molecule has 17 heavy (non-hydrogen) atoms. The summed E-state index contributed by atoms with van der Waals surface area (Å²) in [5.74, 6) is 0.305. The maximum Gasteiger partial charge on any atom is 0.223 e. The third-order valence-corrected chi connectivity index (χ3v) is 3.75. The van der Waals surface area contributed by atoms with Gasteiger partial charge in [0.15, 0.2) is 0 Å². The summed E-state index contributed by atoms with van der Waals surface area (Å²) in [6.45, 7) is 4.34. The Bertz CT molecular complexity index is 348. The van der Waals surface area contributed by atoms with Gasteiger partial charge in [0.25, 0.3) is 0 Å². The van der Waals surface area contributed by atoms with Gasteiger partial charge in [-0.3, -0.25) is 4.79 Å². The van der Waals surface area contributed by atoms with Gasteiger partial charge in [-0.25, -0.2) is 0 Å². The number of nitrogens with zero attached hydrogens (tertiary/aromatic N) is 1. The number of aromatic amines is 1. The van der Waals surface area contributed by atoms with Gasteiger partial charge in [0.1, 0.15) is 0 Å². The monoisotopic (exact) mass is 234 g/mol. The zero-order valence-electron chi connectivity index (χ0n) is 10.8. The molecular weight excluding hydrogens is 212 g/mol. The van der Waals surface area contributed by atoms with Crippen LogP contribution >= 0.6 is 0 Å². The smallest absolute Gasteiger partial charge is 0.223 e. The van der Waals surface area contributed by atoms with E-state index in [0.717, 1.165) is 25.0 Å². The number of aromatic nitrogens is 1. The molecule has 1 aromatic rings. The predicted molar refractivity (Wildman–Crippen MR) is 68.7 cm³/mol. The van der Waals surface area contributed by atoms with Crippen molar-refractivity contribution in [1.29, 1.82) is 0 Å². The lowest BCUT2D eigenvalue weighted by Gasteiger charge is -2.39. The maximum atomic E-state index is 12.2. The van der Waals surface area contributed by atoms with Crippen LogP contribution in [0.15, 0.2) is 18.3 Å². The predicted octanol–water partition coefficient (Wildman–Crippen LogP) is 2.74. The van der Waals surface area contributed by atoms with Crippen molar-refractivity contribution in [2.45, 2.75) is 58.0 Å². The summed E-state index contributed by atoms with van der Waals surface area (Å²) in [5, 5.41) is 0. The number of hydrogen-bond acceptors (Lipinski definition) is 1. The van der Waals surface area contributed by atoms with E-state index in [1.165, 1.54) is 6.42 Å². The van der Waals surface area contributed by atoms with E-state index in [9.17, 15) is 4.79 Å². The average Bonchev–Trinajstić information content (AvgIpc) is 2.79. The molecule has 0 radical (unpaired) electrons. The molecular formula is C14H22N2O. The molecule has 1 aliphatic heterocycles. The Morgan fingerprint density at radius 1 is 1.41 bits per heavy atom. The number of aryl methyl sites for hydroxylation is 1. The molecule has 1 aromatic heterocycles. The molecule has 3 nitrogen and oxygen atoms in total. The molecule has 0 spiro atoms. The first-order valence-corrected chi connectivity index (χ1v) is 6.62. The highest BCUT2D eigenvalue weighted by molar-refractivity contribution is 5.77. The molecule has 2 atom stereocenters. The van der Waals surface area contributed by atoms with E-state index in [1.807, 2.05) is 18.3 Å². The van der Waals surface area contributed by atoms with E-state index in [0.29, 0.717) is 24.4 Å². The van der Waals surface area contributed by atoms with Crippen molar-refractivity contribution < 1.29 is 4.79 Å². The molecule has 2 heterocycles. The molecule has 0 aliphatic carbocycles. The highest BCUT2D eigenvalue weighted by atomic mass is 16.2. The Morgan fingerprint density at radius 3 is 2.71 bits per heavy atom. The normalized spacial score (nSPS) is 24.9. The Labute approximate surface area is 103 Å². The Morgan fingerprint density at radius 2 is 2.12 bits per heavy atom. The van der Waals surface area contributed by atoms with Crippen LogP contribution in [0.1, 0.15) is 45.2 Å². The zero-order chi connectivity index (χ0) is 12.3. The summed E-state index contributed by atoms with van der Waals surface area (Å²) in [6.07, 6.45) is 6.91. The van der Waals surface area contributed by atoms with E-state index in [4.69, 9.17) is 0 Å². The molecule has 2 unspecified atom stereocenters. The number of carbonyl (C=O) groups excluding carboxylic acids is 1. The number of amides is 1. The average molecular weight is 234 g/mol. The Hall–Kier alpha value is -1.25. The van der Waals surface area contributed by atoms with Crippen LogP contribution in [0.25, 0.3) is 0 Å². The first-order valence-electron chi connectivity index (χ1n) is 6.62. The number of carbonyl (C=O) groups is 1. The third kappa shape index (κ3) is 2.90. The summed E-state index contributed by atoms with van der Waals surface area (Å²) in [7, 11) is 0. The van der Waals surface area contributed by atoms with Gasteiger partial charge in [0.2, 0.25) is 5.91 Å². The van der Waals surface area contributed by atoms with Crippen LogP contribution in [0.5, 0.6) is 0 Å². The molecule has 1 saturated heterocycles. The van der Waals surface area contributed by atoms with Crippen molar-refractivity contribution >= 4 is 5.91 Å². The van der Waals surface area contributed by atoms with E-state index in [2.05, 4.69) is 23.7 Å². The number of hydrogen-bond donors (Lipinski definition) is 1. The molecule has 0 aromatic carbocycles. The van der Waals surface area contributed by atoms with Gasteiger partial charge in [-0.1, -0.05) is 0 Å². The van der Waals surface area contributed by atoms with Gasteiger partial charge in [-0.05, 0) is 51.7 Å². The van der Waals surface area contributed by atoms with Crippen LogP contribution in [0, 0.1) is 0 Å². The number of rotatable bonds is 3. The quantitative estimate of drug-likeness (QED) is 0.857. The largest absolute Gasteiger partial charge is 0.365 e. The maximum absolute atomic E-state index is 12.2. The summed E-state index contributed by atoms with van der Waals surface area (Å²) in [5.41, 5.74) is 1.15. The third-order valence-electron chi connectivity index (χ3n) is 3.75. The van der Waals surface area contributed by atoms with E-state index < -0.39 is 0 Å². The van der Waals surface area contributed by atoms with Crippen molar-refractivity contribution in [3.05, 3.63) is 24.0 Å². The molecule has 1 N–H and O–H groups in total. The zero-order valence-corrected chi connectivity index (χ0v) is 10.8. The Balaban J connectivity index is 1.90. The molecule has 1 amide bonds. The van der Waals surface area contributed by atoms with Crippen LogP contribution in [-0.4, -0.2) is 27.9 Å². The minimum Gasteiger partial charge on any atom is -0.365 e. The fourth-order valence-electron chi connectivity index (χ4n) is 2.81. The van der Waals surface area contributed by atoms with E-state index in [1.54, 1.807) is 0 Å². The highest BCUT2D eigenvalue weighted by Crippen LogP contribution is 2.23. The van der Waals surface area contributed by atoms with Crippen LogP contribution in [0.2, 0.25) is 0 Å². The standard InChI is InChI=1S/C14H22N2O/c1-11-5-3-6-12(2)16(11)14(17)9-8-13-7-4-10-15-13/h4,7,10-12,15H,3,5-6,8-9H2,1-2H3. The molecule has 0 bridgehead atoms. The molecule has 2 rings (SSSR count). The lowest BCUT2D eigenvalue weighted by molar-refractivity contribution is -0.137. The number of piperidine rings is 1.